The minimum atomic E-state index is -0.236. The lowest BCUT2D eigenvalue weighted by Gasteiger charge is -2.15. The van der Waals surface area contributed by atoms with Crippen molar-refractivity contribution in [3.63, 3.8) is 0 Å². The Balaban J connectivity index is 1.46. The molecule has 3 aromatic carbocycles. The van der Waals surface area contributed by atoms with Gasteiger partial charge >= 0.3 is 0 Å². The molecule has 0 unspecified atom stereocenters. The molecule has 2 N–H and O–H groups in total. The van der Waals surface area contributed by atoms with Crippen molar-refractivity contribution in [2.45, 2.75) is 6.54 Å². The van der Waals surface area contributed by atoms with Gasteiger partial charge in [-0.15, -0.1) is 0 Å². The predicted octanol–water partition coefficient (Wildman–Crippen LogP) is 4.20. The van der Waals surface area contributed by atoms with Crippen LogP contribution in [-0.2, 0) is 6.54 Å². The molecular formula is C25H23N3O3S. The third-order valence-electron chi connectivity index (χ3n) is 5.06. The maximum Gasteiger partial charge on any atom is 0.257 e. The molecule has 0 spiro atoms. The topological polar surface area (TPSA) is 82.5 Å². The Bertz CT molecular complexity index is 1240. The zero-order chi connectivity index (χ0) is 22.5. The van der Waals surface area contributed by atoms with E-state index in [2.05, 4.69) is 10.3 Å². The third-order valence-corrected chi connectivity index (χ3v) is 5.99. The number of hydrogen-bond donors (Lipinski definition) is 2. The molecular weight excluding hydrogens is 422 g/mol. The number of carbonyl (C=O) groups excluding carboxylic acids is 2. The third kappa shape index (κ3) is 5.08. The van der Waals surface area contributed by atoms with E-state index in [0.29, 0.717) is 34.9 Å². The van der Waals surface area contributed by atoms with Crippen molar-refractivity contribution >= 4 is 38.4 Å². The summed E-state index contributed by atoms with van der Waals surface area (Å²) >= 11 is 1.34. The Morgan fingerprint density at radius 3 is 2.41 bits per heavy atom. The second kappa shape index (κ2) is 9.82. The van der Waals surface area contributed by atoms with Crippen molar-refractivity contribution in [1.82, 2.24) is 9.88 Å². The summed E-state index contributed by atoms with van der Waals surface area (Å²) in [5, 5.41) is 12.3. The van der Waals surface area contributed by atoms with Gasteiger partial charge in [0.15, 0.2) is 10.9 Å². The molecule has 1 aromatic heterocycles. The van der Waals surface area contributed by atoms with Gasteiger partial charge in [-0.25, -0.2) is 4.98 Å². The number of nitrogens with zero attached hydrogens (tertiary/aromatic N) is 2. The second-order valence-corrected chi connectivity index (χ2v) is 8.54. The highest BCUT2D eigenvalue weighted by Crippen LogP contribution is 2.28. The van der Waals surface area contributed by atoms with Gasteiger partial charge in [0.1, 0.15) is 0 Å². The van der Waals surface area contributed by atoms with E-state index >= 15 is 0 Å². The van der Waals surface area contributed by atoms with E-state index in [-0.39, 0.29) is 18.3 Å². The number of aliphatic hydroxyl groups excluding tert-OH is 1. The standard InChI is InChI=1S/C25H23N3O3S/c1-28(13-14-29)16-17-7-9-19(10-8-17)24(31)27-25-26-21-12-11-20(15-22(21)32-25)23(30)18-5-3-2-4-6-18/h2-12,15,29H,13-14,16H2,1H3,(H,26,27,31). The molecule has 0 aliphatic carbocycles. The Labute approximate surface area is 190 Å². The number of fused-ring (bicyclic) bond motifs is 1. The number of hydrogen-bond acceptors (Lipinski definition) is 6. The maximum absolute atomic E-state index is 12.7. The summed E-state index contributed by atoms with van der Waals surface area (Å²) in [4.78, 5) is 31.8. The van der Waals surface area contributed by atoms with E-state index < -0.39 is 0 Å². The minimum absolute atomic E-state index is 0.0452. The number of thiazole rings is 1. The average Bonchev–Trinajstić information content (AvgIpc) is 3.21. The lowest BCUT2D eigenvalue weighted by atomic mass is 10.0. The van der Waals surface area contributed by atoms with Gasteiger partial charge in [-0.2, -0.15) is 0 Å². The first-order valence-corrected chi connectivity index (χ1v) is 11.0. The second-order valence-electron chi connectivity index (χ2n) is 7.51. The molecule has 0 saturated carbocycles. The van der Waals surface area contributed by atoms with Crippen molar-refractivity contribution in [2.24, 2.45) is 0 Å². The number of likely N-dealkylation sites (N-methyl/N-ethyl adjacent to an activating group) is 1. The van der Waals surface area contributed by atoms with Gasteiger partial charge in [0.25, 0.3) is 5.91 Å². The normalized spacial score (nSPS) is 11.1. The molecule has 0 bridgehead atoms. The van der Waals surface area contributed by atoms with Gasteiger partial charge in [0, 0.05) is 29.8 Å². The summed E-state index contributed by atoms with van der Waals surface area (Å²) in [5.41, 5.74) is 3.56. The number of ketones is 1. The molecule has 0 aliphatic rings. The first kappa shape index (κ1) is 21.8. The van der Waals surface area contributed by atoms with E-state index in [4.69, 9.17) is 5.11 Å². The first-order chi connectivity index (χ1) is 15.5. The van der Waals surface area contributed by atoms with E-state index in [0.717, 1.165) is 15.8 Å². The van der Waals surface area contributed by atoms with Crippen molar-refractivity contribution in [1.29, 1.82) is 0 Å². The molecule has 162 valence electrons. The summed E-state index contributed by atoms with van der Waals surface area (Å²) < 4.78 is 0.837. The molecule has 4 rings (SSSR count). The van der Waals surface area contributed by atoms with Crippen LogP contribution < -0.4 is 5.32 Å². The van der Waals surface area contributed by atoms with Gasteiger partial charge < -0.3 is 5.11 Å². The van der Waals surface area contributed by atoms with E-state index in [1.165, 1.54) is 11.3 Å². The predicted molar refractivity (Wildman–Crippen MR) is 127 cm³/mol. The van der Waals surface area contributed by atoms with Gasteiger partial charge in [-0.1, -0.05) is 53.8 Å². The SMILES string of the molecule is CN(CCO)Cc1ccc(C(=O)Nc2nc3ccc(C(=O)c4ccccc4)cc3s2)cc1. The molecule has 6 nitrogen and oxygen atoms in total. The van der Waals surface area contributed by atoms with E-state index in [1.54, 1.807) is 36.4 Å². The molecule has 0 fully saturated rings. The van der Waals surface area contributed by atoms with Crippen LogP contribution in [0.1, 0.15) is 31.8 Å². The summed E-state index contributed by atoms with van der Waals surface area (Å²) in [6.07, 6.45) is 0. The number of aromatic nitrogens is 1. The van der Waals surface area contributed by atoms with Gasteiger partial charge in [0.2, 0.25) is 0 Å². The Kier molecular flexibility index (Phi) is 6.70. The van der Waals surface area contributed by atoms with Crippen LogP contribution in [0.5, 0.6) is 0 Å². The number of nitrogens with one attached hydrogen (secondary N) is 1. The number of rotatable bonds is 8. The molecule has 0 saturated heterocycles. The fourth-order valence-corrected chi connectivity index (χ4v) is 4.27. The maximum atomic E-state index is 12.7. The molecule has 32 heavy (non-hydrogen) atoms. The highest BCUT2D eigenvalue weighted by atomic mass is 32.1. The van der Waals surface area contributed by atoms with Crippen molar-refractivity contribution in [3.8, 4) is 0 Å². The quantitative estimate of drug-likeness (QED) is 0.397. The molecule has 1 heterocycles. The molecule has 0 aliphatic heterocycles. The molecule has 0 atom stereocenters. The monoisotopic (exact) mass is 445 g/mol. The Morgan fingerprint density at radius 1 is 0.969 bits per heavy atom. The zero-order valence-corrected chi connectivity index (χ0v) is 18.4. The lowest BCUT2D eigenvalue weighted by molar-refractivity contribution is 0.102. The van der Waals surface area contributed by atoms with Crippen LogP contribution in [0.4, 0.5) is 5.13 Å². The summed E-state index contributed by atoms with van der Waals surface area (Å²) in [7, 11) is 1.93. The van der Waals surface area contributed by atoms with Crippen LogP contribution in [0.15, 0.2) is 72.8 Å². The molecule has 0 radical (unpaired) electrons. The minimum Gasteiger partial charge on any atom is -0.395 e. The first-order valence-electron chi connectivity index (χ1n) is 10.2. The Hall–Kier alpha value is -3.39. The number of benzene rings is 3. The van der Waals surface area contributed by atoms with Crippen LogP contribution in [0.3, 0.4) is 0 Å². The fourth-order valence-electron chi connectivity index (χ4n) is 3.37. The average molecular weight is 446 g/mol. The highest BCUT2D eigenvalue weighted by molar-refractivity contribution is 7.22. The lowest BCUT2D eigenvalue weighted by Crippen LogP contribution is -2.21. The number of aliphatic hydroxyl groups is 1. The largest absolute Gasteiger partial charge is 0.395 e. The fraction of sp³-hybridized carbons (Fsp3) is 0.160. The smallest absolute Gasteiger partial charge is 0.257 e. The van der Waals surface area contributed by atoms with Gasteiger partial charge in [-0.3, -0.25) is 19.8 Å². The van der Waals surface area contributed by atoms with E-state index in [1.807, 2.05) is 48.3 Å². The van der Waals surface area contributed by atoms with Crippen molar-refractivity contribution in [3.05, 3.63) is 95.1 Å². The van der Waals surface area contributed by atoms with Crippen LogP contribution >= 0.6 is 11.3 Å². The highest BCUT2D eigenvalue weighted by Gasteiger charge is 2.13. The van der Waals surface area contributed by atoms with Crippen LogP contribution in [0.2, 0.25) is 0 Å². The Morgan fingerprint density at radius 2 is 1.69 bits per heavy atom. The van der Waals surface area contributed by atoms with Crippen molar-refractivity contribution in [2.75, 3.05) is 25.5 Å². The number of amides is 1. The molecule has 4 aromatic rings. The van der Waals surface area contributed by atoms with Gasteiger partial charge in [0.05, 0.1) is 16.8 Å². The van der Waals surface area contributed by atoms with Crippen LogP contribution in [0.25, 0.3) is 10.2 Å². The number of anilines is 1. The number of carbonyl (C=O) groups is 2. The van der Waals surface area contributed by atoms with Crippen LogP contribution in [-0.4, -0.2) is 46.9 Å². The zero-order valence-electron chi connectivity index (χ0n) is 17.6. The van der Waals surface area contributed by atoms with E-state index in [9.17, 15) is 9.59 Å². The molecule has 7 heteroatoms. The van der Waals surface area contributed by atoms with Crippen molar-refractivity contribution < 1.29 is 14.7 Å². The summed E-state index contributed by atoms with van der Waals surface area (Å²) in [5.74, 6) is -0.281. The van der Waals surface area contributed by atoms with Crippen LogP contribution in [0, 0.1) is 0 Å². The van der Waals surface area contributed by atoms with Gasteiger partial charge in [-0.05, 0) is 42.9 Å². The summed E-state index contributed by atoms with van der Waals surface area (Å²) in [6, 6.07) is 21.9. The molecule has 1 amide bonds. The summed E-state index contributed by atoms with van der Waals surface area (Å²) in [6.45, 7) is 1.41.